The molecule has 0 bridgehead atoms. The summed E-state index contributed by atoms with van der Waals surface area (Å²) >= 11 is 0. The van der Waals surface area contributed by atoms with E-state index in [1.807, 2.05) is 30.3 Å². The highest BCUT2D eigenvalue weighted by atomic mass is 19.1. The zero-order chi connectivity index (χ0) is 20.1. The monoisotopic (exact) mass is 395 g/mol. The zero-order valence-electron chi connectivity index (χ0n) is 15.5. The quantitative estimate of drug-likeness (QED) is 0.697. The summed E-state index contributed by atoms with van der Waals surface area (Å²) < 4.78 is 29.1. The van der Waals surface area contributed by atoms with Crippen LogP contribution in [0.5, 0.6) is 0 Å². The molecule has 3 atom stereocenters. The van der Waals surface area contributed by atoms with Gasteiger partial charge < -0.3 is 10.4 Å². The minimum Gasteiger partial charge on any atom is -0.394 e. The molecule has 7 heteroatoms. The van der Waals surface area contributed by atoms with Crippen LogP contribution in [0.3, 0.4) is 0 Å². The topological polar surface area (TPSA) is 67.2 Å². The molecule has 29 heavy (non-hydrogen) atoms. The fourth-order valence-electron chi connectivity index (χ4n) is 4.29. The van der Waals surface area contributed by atoms with Crippen molar-refractivity contribution in [3.63, 3.8) is 0 Å². The lowest BCUT2D eigenvalue weighted by atomic mass is 10.1. The van der Waals surface area contributed by atoms with Crippen molar-refractivity contribution in [1.82, 2.24) is 15.1 Å². The van der Waals surface area contributed by atoms with Gasteiger partial charge >= 0.3 is 0 Å². The fraction of sp³-hybridized carbons (Fsp3) is 0.273. The number of halogens is 2. The molecule has 0 spiro atoms. The molecule has 1 amide bonds. The summed E-state index contributed by atoms with van der Waals surface area (Å²) in [6.07, 6.45) is 1.71. The summed E-state index contributed by atoms with van der Waals surface area (Å²) in [7, 11) is 0. The van der Waals surface area contributed by atoms with E-state index in [9.17, 15) is 18.7 Å². The maximum absolute atomic E-state index is 14.4. The molecule has 3 aromatic rings. The Morgan fingerprint density at radius 3 is 2.76 bits per heavy atom. The molecule has 2 unspecified atom stereocenters. The number of benzene rings is 2. The van der Waals surface area contributed by atoms with Crippen molar-refractivity contribution in [1.29, 1.82) is 0 Å². The lowest BCUT2D eigenvalue weighted by molar-refractivity contribution is 0.0909. The Balaban J connectivity index is 1.52. The molecule has 2 aromatic carbocycles. The first kappa shape index (κ1) is 18.0. The number of hydrogen-bond acceptors (Lipinski definition) is 3. The number of aliphatic hydroxyl groups excluding tert-OH is 1. The number of carbonyl (C=O) groups excluding carboxylic acids is 1. The highest BCUT2D eigenvalue weighted by molar-refractivity contribution is 5.95. The number of aliphatic hydroxyl groups is 1. The molecule has 2 N–H and O–H groups in total. The van der Waals surface area contributed by atoms with Crippen molar-refractivity contribution in [2.24, 2.45) is 5.92 Å². The number of aromatic nitrogens is 2. The smallest absolute Gasteiger partial charge is 0.272 e. The first-order valence-electron chi connectivity index (χ1n) is 9.60. The van der Waals surface area contributed by atoms with Gasteiger partial charge in [-0.25, -0.2) is 13.5 Å². The molecular formula is C22H19F2N3O2. The Kier molecular flexibility index (Phi) is 4.20. The number of carbonyl (C=O) groups is 1. The van der Waals surface area contributed by atoms with Crippen molar-refractivity contribution in [3.05, 3.63) is 82.7 Å². The number of nitrogens with one attached hydrogen (secondary N) is 1. The largest absolute Gasteiger partial charge is 0.394 e. The number of rotatable bonds is 5. The van der Waals surface area contributed by atoms with E-state index in [-0.39, 0.29) is 23.9 Å². The summed E-state index contributed by atoms with van der Waals surface area (Å²) in [6.45, 7) is -0.253. The summed E-state index contributed by atoms with van der Waals surface area (Å²) in [5.74, 6) is -1.08. The van der Waals surface area contributed by atoms with Crippen LogP contribution in [0.1, 0.15) is 45.7 Å². The molecule has 5 rings (SSSR count). The predicted octanol–water partition coefficient (Wildman–Crippen LogP) is 3.27. The zero-order valence-corrected chi connectivity index (χ0v) is 15.5. The second-order valence-electron chi connectivity index (χ2n) is 7.64. The van der Waals surface area contributed by atoms with Gasteiger partial charge in [0.25, 0.3) is 5.91 Å². The molecule has 1 aromatic heterocycles. The molecule has 148 valence electrons. The van der Waals surface area contributed by atoms with Crippen molar-refractivity contribution in [3.8, 4) is 5.69 Å². The van der Waals surface area contributed by atoms with Gasteiger partial charge in [-0.3, -0.25) is 4.79 Å². The maximum Gasteiger partial charge on any atom is 0.272 e. The molecule has 1 saturated carbocycles. The Morgan fingerprint density at radius 1 is 1.24 bits per heavy atom. The molecular weight excluding hydrogens is 376 g/mol. The van der Waals surface area contributed by atoms with Crippen molar-refractivity contribution in [2.45, 2.75) is 24.8 Å². The second-order valence-corrected chi connectivity index (χ2v) is 7.64. The van der Waals surface area contributed by atoms with Crippen LogP contribution in [0.2, 0.25) is 0 Å². The number of amides is 1. The minimum atomic E-state index is -0.722. The second kappa shape index (κ2) is 6.77. The molecule has 1 fully saturated rings. The minimum absolute atomic E-state index is 0.129. The Morgan fingerprint density at radius 2 is 2.03 bits per heavy atom. The van der Waals surface area contributed by atoms with Crippen LogP contribution in [-0.4, -0.2) is 27.4 Å². The van der Waals surface area contributed by atoms with E-state index >= 15 is 0 Å². The van der Waals surface area contributed by atoms with Crippen LogP contribution >= 0.6 is 0 Å². The molecule has 1 heterocycles. The number of nitrogens with zero attached hydrogens (tertiary/aromatic N) is 2. The average Bonchev–Trinajstić information content (AvgIpc) is 3.23. The Bertz CT molecular complexity index is 1100. The summed E-state index contributed by atoms with van der Waals surface area (Å²) in [5, 5.41) is 17.0. The van der Waals surface area contributed by atoms with E-state index in [0.717, 1.165) is 35.7 Å². The molecule has 0 aliphatic heterocycles. The normalized spacial score (nSPS) is 20.1. The summed E-state index contributed by atoms with van der Waals surface area (Å²) in [4.78, 5) is 13.0. The van der Waals surface area contributed by atoms with Gasteiger partial charge in [0, 0.05) is 17.3 Å². The molecule has 2 aliphatic rings. The van der Waals surface area contributed by atoms with Gasteiger partial charge in [-0.15, -0.1) is 0 Å². The van der Waals surface area contributed by atoms with Gasteiger partial charge in [0.1, 0.15) is 11.5 Å². The SMILES string of the molecule is O=C(N[C@H](CO)c1ccccc1)c1nn(-c2ccc(F)cc2F)c2c1C1CC1C2. The number of fused-ring (bicyclic) bond motifs is 3. The standard InChI is InChI=1S/C22H19F2N3O2/c23-14-6-7-18(16(24)10-14)27-19-9-13-8-15(13)20(19)21(26-27)22(29)25-17(11-28)12-4-2-1-3-5-12/h1-7,10,13,15,17,28H,8-9,11H2,(H,25,29)/t13?,15?,17-/m1/s1. The van der Waals surface area contributed by atoms with Crippen LogP contribution in [0.4, 0.5) is 8.78 Å². The van der Waals surface area contributed by atoms with Crippen LogP contribution in [0.15, 0.2) is 48.5 Å². The van der Waals surface area contributed by atoms with Crippen LogP contribution in [0.25, 0.3) is 5.69 Å². The lowest BCUT2D eigenvalue weighted by Crippen LogP contribution is -2.31. The molecule has 0 saturated heterocycles. The van der Waals surface area contributed by atoms with E-state index in [2.05, 4.69) is 10.4 Å². The van der Waals surface area contributed by atoms with Gasteiger partial charge in [0.15, 0.2) is 11.5 Å². The van der Waals surface area contributed by atoms with E-state index in [0.29, 0.717) is 5.92 Å². The van der Waals surface area contributed by atoms with Gasteiger partial charge in [0.05, 0.1) is 12.6 Å². The molecule has 5 nitrogen and oxygen atoms in total. The number of hydrogen-bond donors (Lipinski definition) is 2. The van der Waals surface area contributed by atoms with Gasteiger partial charge in [-0.1, -0.05) is 30.3 Å². The molecule has 0 radical (unpaired) electrons. The summed E-state index contributed by atoms with van der Waals surface area (Å²) in [5.41, 5.74) is 2.82. The highest BCUT2D eigenvalue weighted by Gasteiger charge is 2.50. The Labute approximate surface area is 166 Å². The van der Waals surface area contributed by atoms with E-state index in [1.54, 1.807) is 0 Å². The summed E-state index contributed by atoms with van der Waals surface area (Å²) in [6, 6.07) is 12.0. The van der Waals surface area contributed by atoms with E-state index in [1.165, 1.54) is 16.8 Å². The average molecular weight is 395 g/mol. The van der Waals surface area contributed by atoms with Crippen molar-refractivity contribution >= 4 is 5.91 Å². The third kappa shape index (κ3) is 3.02. The third-order valence-corrected chi connectivity index (χ3v) is 5.81. The van der Waals surface area contributed by atoms with E-state index in [4.69, 9.17) is 0 Å². The van der Waals surface area contributed by atoms with Gasteiger partial charge in [-0.05, 0) is 42.4 Å². The molecule has 2 aliphatic carbocycles. The van der Waals surface area contributed by atoms with Crippen LogP contribution < -0.4 is 5.32 Å². The van der Waals surface area contributed by atoms with Gasteiger partial charge in [-0.2, -0.15) is 5.10 Å². The maximum atomic E-state index is 14.4. The van der Waals surface area contributed by atoms with E-state index < -0.39 is 23.6 Å². The highest BCUT2D eigenvalue weighted by Crippen LogP contribution is 2.57. The lowest BCUT2D eigenvalue weighted by Gasteiger charge is -2.16. The van der Waals surface area contributed by atoms with Gasteiger partial charge in [0.2, 0.25) is 0 Å². The van der Waals surface area contributed by atoms with Crippen LogP contribution in [0, 0.1) is 17.6 Å². The first-order chi connectivity index (χ1) is 14.1. The Hall–Kier alpha value is -3.06. The van der Waals surface area contributed by atoms with Crippen molar-refractivity contribution < 1.29 is 18.7 Å². The fourth-order valence-corrected chi connectivity index (χ4v) is 4.29. The third-order valence-electron chi connectivity index (χ3n) is 5.81. The van der Waals surface area contributed by atoms with Crippen LogP contribution in [-0.2, 0) is 6.42 Å². The predicted molar refractivity (Wildman–Crippen MR) is 102 cm³/mol. The first-order valence-corrected chi connectivity index (χ1v) is 9.60. The van der Waals surface area contributed by atoms with Crippen molar-refractivity contribution in [2.75, 3.05) is 6.61 Å².